The Labute approximate surface area is 62.5 Å². The van der Waals surface area contributed by atoms with Crippen molar-refractivity contribution in [3.05, 3.63) is 0 Å². The van der Waals surface area contributed by atoms with Crippen molar-refractivity contribution < 1.29 is 9.47 Å². The summed E-state index contributed by atoms with van der Waals surface area (Å²) in [6.45, 7) is 8.13. The Morgan fingerprint density at radius 2 is 2.10 bits per heavy atom. The molecule has 1 fully saturated rings. The van der Waals surface area contributed by atoms with Gasteiger partial charge in [-0.15, -0.1) is 0 Å². The van der Waals surface area contributed by atoms with Crippen LogP contribution in [0.4, 0.5) is 0 Å². The molecule has 1 heterocycles. The number of hydrogen-bond acceptors (Lipinski definition) is 2. The summed E-state index contributed by atoms with van der Waals surface area (Å²) >= 11 is 0. The quantitative estimate of drug-likeness (QED) is 0.588. The van der Waals surface area contributed by atoms with Crippen LogP contribution in [0.1, 0.15) is 27.2 Å². The third kappa shape index (κ3) is 2.67. The molecule has 0 saturated carbocycles. The van der Waals surface area contributed by atoms with E-state index in [0.717, 1.165) is 19.6 Å². The van der Waals surface area contributed by atoms with E-state index in [0.29, 0.717) is 0 Å². The van der Waals surface area contributed by atoms with Crippen molar-refractivity contribution in [2.24, 2.45) is 5.41 Å². The smallest absolute Gasteiger partial charge is 0.159 e. The first kappa shape index (κ1) is 8.02. The van der Waals surface area contributed by atoms with E-state index in [1.54, 1.807) is 0 Å². The summed E-state index contributed by atoms with van der Waals surface area (Å²) in [6.07, 6.45) is 1.16. The fourth-order valence-electron chi connectivity index (χ4n) is 0.688. The molecule has 1 rings (SSSR count). The predicted molar refractivity (Wildman–Crippen MR) is 39.8 cm³/mol. The summed E-state index contributed by atoms with van der Waals surface area (Å²) in [5.74, 6) is 0. The summed E-state index contributed by atoms with van der Waals surface area (Å²) < 4.78 is 10.5. The van der Waals surface area contributed by atoms with Gasteiger partial charge >= 0.3 is 0 Å². The molecule has 0 aromatic rings. The molecule has 0 aromatic heterocycles. The van der Waals surface area contributed by atoms with Gasteiger partial charge in [-0.25, -0.2) is 0 Å². The molecule has 0 bridgehead atoms. The molecule has 60 valence electrons. The average molecular weight is 144 g/mol. The van der Waals surface area contributed by atoms with Crippen molar-refractivity contribution in [1.82, 2.24) is 0 Å². The van der Waals surface area contributed by atoms with Gasteiger partial charge in [-0.05, 0) is 5.41 Å². The normalized spacial score (nSPS) is 26.1. The fourth-order valence-corrected chi connectivity index (χ4v) is 0.688. The molecule has 1 aliphatic rings. The maximum absolute atomic E-state index is 5.42. The summed E-state index contributed by atoms with van der Waals surface area (Å²) in [4.78, 5) is 0. The third-order valence-electron chi connectivity index (χ3n) is 1.36. The molecule has 1 aliphatic heterocycles. The van der Waals surface area contributed by atoms with Crippen LogP contribution in [0, 0.1) is 5.41 Å². The fraction of sp³-hybridized carbons (Fsp3) is 1.00. The highest BCUT2D eigenvalue weighted by molar-refractivity contribution is 4.62. The molecule has 10 heavy (non-hydrogen) atoms. The molecular formula is C8H16O2. The second-order valence-electron chi connectivity index (χ2n) is 3.96. The van der Waals surface area contributed by atoms with Crippen LogP contribution in [0.15, 0.2) is 0 Å². The van der Waals surface area contributed by atoms with Crippen LogP contribution >= 0.6 is 0 Å². The highest BCUT2D eigenvalue weighted by Gasteiger charge is 2.21. The predicted octanol–water partition coefficient (Wildman–Crippen LogP) is 1.80. The standard InChI is InChI=1S/C8H16O2/c1-8(2,3)6-10-7-4-5-9-7/h7H,4-6H2,1-3H3. The molecule has 0 aliphatic carbocycles. The summed E-state index contributed by atoms with van der Waals surface area (Å²) in [7, 11) is 0. The summed E-state index contributed by atoms with van der Waals surface area (Å²) in [5.41, 5.74) is 0.263. The van der Waals surface area contributed by atoms with Gasteiger partial charge in [-0.1, -0.05) is 20.8 Å². The summed E-state index contributed by atoms with van der Waals surface area (Å²) in [5, 5.41) is 0. The van der Waals surface area contributed by atoms with Crippen LogP contribution in [-0.4, -0.2) is 19.5 Å². The second-order valence-corrected chi connectivity index (χ2v) is 3.96. The van der Waals surface area contributed by atoms with Crippen molar-refractivity contribution in [1.29, 1.82) is 0 Å². The highest BCUT2D eigenvalue weighted by atomic mass is 16.7. The van der Waals surface area contributed by atoms with Crippen LogP contribution in [0.3, 0.4) is 0 Å². The molecular weight excluding hydrogens is 128 g/mol. The zero-order valence-corrected chi connectivity index (χ0v) is 7.02. The lowest BCUT2D eigenvalue weighted by molar-refractivity contribution is -0.224. The molecule has 2 heteroatoms. The van der Waals surface area contributed by atoms with Crippen molar-refractivity contribution in [2.75, 3.05) is 13.2 Å². The molecule has 0 N–H and O–H groups in total. The van der Waals surface area contributed by atoms with E-state index >= 15 is 0 Å². The van der Waals surface area contributed by atoms with E-state index in [1.165, 1.54) is 0 Å². The van der Waals surface area contributed by atoms with Crippen LogP contribution in [0.2, 0.25) is 0 Å². The average Bonchev–Trinajstić information content (AvgIpc) is 1.56. The van der Waals surface area contributed by atoms with Crippen molar-refractivity contribution in [3.8, 4) is 0 Å². The molecule has 0 amide bonds. The van der Waals surface area contributed by atoms with Gasteiger partial charge in [-0.3, -0.25) is 0 Å². The highest BCUT2D eigenvalue weighted by Crippen LogP contribution is 2.18. The lowest BCUT2D eigenvalue weighted by Gasteiger charge is -2.29. The topological polar surface area (TPSA) is 18.5 Å². The molecule has 1 atom stereocenters. The van der Waals surface area contributed by atoms with Gasteiger partial charge in [0.05, 0.1) is 13.2 Å². The Morgan fingerprint density at radius 1 is 1.50 bits per heavy atom. The SMILES string of the molecule is CC(C)(C)COC1CCO1. The minimum atomic E-state index is 0.0965. The van der Waals surface area contributed by atoms with Crippen molar-refractivity contribution in [2.45, 2.75) is 33.5 Å². The molecule has 2 nitrogen and oxygen atoms in total. The van der Waals surface area contributed by atoms with Gasteiger partial charge in [0.15, 0.2) is 6.29 Å². The minimum Gasteiger partial charge on any atom is -0.352 e. The van der Waals surface area contributed by atoms with Crippen LogP contribution in [0.25, 0.3) is 0 Å². The maximum atomic E-state index is 5.42. The van der Waals surface area contributed by atoms with Gasteiger partial charge in [0.2, 0.25) is 0 Å². The lowest BCUT2D eigenvalue weighted by Crippen LogP contribution is -2.32. The van der Waals surface area contributed by atoms with E-state index < -0.39 is 0 Å². The first-order valence-electron chi connectivity index (χ1n) is 3.81. The second kappa shape index (κ2) is 2.89. The van der Waals surface area contributed by atoms with Gasteiger partial charge < -0.3 is 9.47 Å². The first-order valence-corrected chi connectivity index (χ1v) is 3.81. The molecule has 1 unspecified atom stereocenters. The number of rotatable bonds is 2. The van der Waals surface area contributed by atoms with Gasteiger partial charge in [-0.2, -0.15) is 0 Å². The Hall–Kier alpha value is -0.0800. The zero-order valence-electron chi connectivity index (χ0n) is 7.02. The van der Waals surface area contributed by atoms with Crippen molar-refractivity contribution >= 4 is 0 Å². The first-order chi connectivity index (χ1) is 4.58. The van der Waals surface area contributed by atoms with E-state index in [9.17, 15) is 0 Å². The monoisotopic (exact) mass is 144 g/mol. The molecule has 0 spiro atoms. The zero-order chi connectivity index (χ0) is 7.61. The molecule has 1 saturated heterocycles. The maximum Gasteiger partial charge on any atom is 0.159 e. The minimum absolute atomic E-state index is 0.0965. The van der Waals surface area contributed by atoms with Gasteiger partial charge in [0, 0.05) is 6.42 Å². The van der Waals surface area contributed by atoms with E-state index in [1.807, 2.05) is 0 Å². The number of ether oxygens (including phenoxy) is 2. The molecule has 0 aromatic carbocycles. The third-order valence-corrected chi connectivity index (χ3v) is 1.36. The lowest BCUT2D eigenvalue weighted by atomic mass is 9.99. The van der Waals surface area contributed by atoms with Crippen LogP contribution in [0.5, 0.6) is 0 Å². The number of hydrogen-bond donors (Lipinski definition) is 0. The Balaban J connectivity index is 2.04. The van der Waals surface area contributed by atoms with E-state index in [2.05, 4.69) is 20.8 Å². The molecule has 0 radical (unpaired) electrons. The van der Waals surface area contributed by atoms with Gasteiger partial charge in [0.25, 0.3) is 0 Å². The summed E-state index contributed by atoms with van der Waals surface area (Å²) in [6, 6.07) is 0. The van der Waals surface area contributed by atoms with Crippen LogP contribution in [-0.2, 0) is 9.47 Å². The van der Waals surface area contributed by atoms with E-state index in [4.69, 9.17) is 9.47 Å². The van der Waals surface area contributed by atoms with Crippen LogP contribution < -0.4 is 0 Å². The Bertz CT molecular complexity index is 100. The van der Waals surface area contributed by atoms with E-state index in [-0.39, 0.29) is 11.7 Å². The largest absolute Gasteiger partial charge is 0.352 e. The van der Waals surface area contributed by atoms with Crippen molar-refractivity contribution in [3.63, 3.8) is 0 Å². The Kier molecular flexibility index (Phi) is 2.32. The van der Waals surface area contributed by atoms with Gasteiger partial charge in [0.1, 0.15) is 0 Å². The Morgan fingerprint density at radius 3 is 2.40 bits per heavy atom.